The maximum Gasteiger partial charge on any atom is 0.248 e. The molecule has 0 aliphatic heterocycles. The Balaban J connectivity index is 1.89. The van der Waals surface area contributed by atoms with E-state index in [1.807, 2.05) is 6.92 Å². The average molecular weight is 371 g/mol. The van der Waals surface area contributed by atoms with E-state index in [-0.39, 0.29) is 5.91 Å². The van der Waals surface area contributed by atoms with Gasteiger partial charge in [-0.1, -0.05) is 95.3 Å². The van der Waals surface area contributed by atoms with Gasteiger partial charge in [0.05, 0.1) is 0 Å². The van der Waals surface area contributed by atoms with Crippen LogP contribution in [0.1, 0.15) is 107 Å². The van der Waals surface area contributed by atoms with Crippen LogP contribution in [-0.2, 0) is 0 Å². The molecule has 0 aromatic carbocycles. The lowest BCUT2D eigenvalue weighted by Crippen LogP contribution is -2.12. The smallest absolute Gasteiger partial charge is 0.248 e. The van der Waals surface area contributed by atoms with E-state index in [9.17, 15) is 4.79 Å². The predicted molar refractivity (Wildman–Crippen MR) is 107 cm³/mol. The van der Waals surface area contributed by atoms with Crippen LogP contribution in [0.25, 0.3) is 0 Å². The van der Waals surface area contributed by atoms with Crippen LogP contribution in [0, 0.1) is 10.9 Å². The van der Waals surface area contributed by atoms with Crippen molar-refractivity contribution in [3.63, 3.8) is 0 Å². The number of nitrogens with zero attached hydrogens (tertiary/aromatic N) is 2. The lowest BCUT2D eigenvalue weighted by Gasteiger charge is -2.03. The first-order valence-electron chi connectivity index (χ1n) is 9.75. The summed E-state index contributed by atoms with van der Waals surface area (Å²) in [6, 6.07) is 0. The molecule has 0 radical (unpaired) electrons. The number of aryl methyl sites for hydroxylation is 1. The first kappa shape index (κ1) is 21.5. The molecule has 0 N–H and O–H groups in total. The van der Waals surface area contributed by atoms with Gasteiger partial charge in [-0.3, -0.25) is 4.79 Å². The van der Waals surface area contributed by atoms with Crippen molar-refractivity contribution in [1.82, 2.24) is 9.78 Å². The summed E-state index contributed by atoms with van der Waals surface area (Å²) in [5, 5.41) is 5.03. The highest BCUT2D eigenvalue weighted by Gasteiger charge is 2.08. The number of hydrogen-bond donors (Lipinski definition) is 0. The third-order valence-corrected chi connectivity index (χ3v) is 5.53. The molecule has 3 nitrogen and oxygen atoms in total. The Labute approximate surface area is 156 Å². The molecule has 0 bridgehead atoms. The first-order valence-corrected chi connectivity index (χ1v) is 11.0. The van der Waals surface area contributed by atoms with Gasteiger partial charge in [-0.2, -0.15) is 9.78 Å². The highest BCUT2D eigenvalue weighted by molar-refractivity contribution is 7.73. The van der Waals surface area contributed by atoms with Crippen LogP contribution < -0.4 is 0 Å². The molecule has 0 atom stereocenters. The minimum Gasteiger partial charge on any atom is -0.273 e. The van der Waals surface area contributed by atoms with Crippen molar-refractivity contribution in [2.45, 2.75) is 104 Å². The van der Waals surface area contributed by atoms with Crippen LogP contribution in [0.2, 0.25) is 0 Å². The predicted octanol–water partition coefficient (Wildman–Crippen LogP) is 7.10. The van der Waals surface area contributed by atoms with Crippen LogP contribution in [0.3, 0.4) is 0 Å². The summed E-state index contributed by atoms with van der Waals surface area (Å²) in [6.07, 6.45) is 17.7. The van der Waals surface area contributed by atoms with E-state index in [1.54, 1.807) is 0 Å². The molecule has 0 amide bonds. The maximum atomic E-state index is 12.0. The molecule has 0 unspecified atom stereocenters. The molecular formula is C19H34N2OS2. The van der Waals surface area contributed by atoms with E-state index in [1.165, 1.54) is 86.6 Å². The third kappa shape index (κ3) is 9.67. The van der Waals surface area contributed by atoms with Crippen LogP contribution in [0.5, 0.6) is 0 Å². The van der Waals surface area contributed by atoms with Crippen LogP contribution in [-0.4, -0.2) is 15.7 Å². The van der Waals surface area contributed by atoms with Gasteiger partial charge in [0.15, 0.2) is 3.95 Å². The van der Waals surface area contributed by atoms with Crippen molar-refractivity contribution in [3.8, 4) is 0 Å². The molecule has 0 saturated heterocycles. The number of rotatable bonds is 14. The monoisotopic (exact) mass is 370 g/mol. The van der Waals surface area contributed by atoms with Crippen LogP contribution in [0.15, 0.2) is 0 Å². The number of aromatic nitrogens is 2. The first-order chi connectivity index (χ1) is 11.6. The van der Waals surface area contributed by atoms with Crippen molar-refractivity contribution < 1.29 is 4.79 Å². The Bertz CT molecular complexity index is 508. The molecule has 5 heteroatoms. The molecule has 0 saturated carbocycles. The maximum absolute atomic E-state index is 12.0. The third-order valence-electron chi connectivity index (χ3n) is 4.38. The summed E-state index contributed by atoms with van der Waals surface area (Å²) in [6.45, 7) is 4.15. The van der Waals surface area contributed by atoms with E-state index < -0.39 is 0 Å². The summed E-state index contributed by atoms with van der Waals surface area (Å²) in [5.74, 6) is 0.0485. The zero-order valence-corrected chi connectivity index (χ0v) is 17.2. The van der Waals surface area contributed by atoms with Gasteiger partial charge < -0.3 is 0 Å². The normalized spacial score (nSPS) is 11.1. The largest absolute Gasteiger partial charge is 0.273 e. The summed E-state index contributed by atoms with van der Waals surface area (Å²) in [5.41, 5.74) is 0. The van der Waals surface area contributed by atoms with Crippen molar-refractivity contribution in [3.05, 3.63) is 8.96 Å². The fourth-order valence-electron chi connectivity index (χ4n) is 2.93. The molecule has 138 valence electrons. The molecule has 0 spiro atoms. The lowest BCUT2D eigenvalue weighted by molar-refractivity contribution is 0.0881. The van der Waals surface area contributed by atoms with Gasteiger partial charge in [0.25, 0.3) is 0 Å². The van der Waals surface area contributed by atoms with E-state index in [0.29, 0.717) is 10.4 Å². The SMILES string of the molecule is CCCCCCCCCCCCCCCC(=O)n1nc(C)sc1=S. The second-order valence-corrected chi connectivity index (χ2v) is 8.51. The number of carbonyl (C=O) groups excluding carboxylic acids is 1. The molecule has 24 heavy (non-hydrogen) atoms. The summed E-state index contributed by atoms with van der Waals surface area (Å²) >= 11 is 6.55. The van der Waals surface area contributed by atoms with Gasteiger partial charge in [-0.05, 0) is 25.6 Å². The Hall–Kier alpha value is -0.550. The van der Waals surface area contributed by atoms with E-state index in [0.717, 1.165) is 17.8 Å². The van der Waals surface area contributed by atoms with Gasteiger partial charge >= 0.3 is 0 Å². The van der Waals surface area contributed by atoms with E-state index in [2.05, 4.69) is 12.0 Å². The van der Waals surface area contributed by atoms with Crippen LogP contribution >= 0.6 is 23.6 Å². The second kappa shape index (κ2) is 13.7. The molecule has 1 aromatic rings. The Morgan fingerprint density at radius 2 is 1.38 bits per heavy atom. The molecule has 1 aromatic heterocycles. The van der Waals surface area contributed by atoms with Crippen molar-refractivity contribution in [2.75, 3.05) is 0 Å². The standard InChI is InChI=1S/C19H34N2OS2/c1-3-4-5-6-7-8-9-10-11-12-13-14-15-16-18(22)21-19(23)24-17(2)20-21/h3-16H2,1-2H3. The topological polar surface area (TPSA) is 34.9 Å². The van der Waals surface area contributed by atoms with Crippen molar-refractivity contribution >= 4 is 29.5 Å². The minimum absolute atomic E-state index is 0.0485. The minimum atomic E-state index is 0.0485. The Kier molecular flexibility index (Phi) is 12.3. The Morgan fingerprint density at radius 3 is 1.79 bits per heavy atom. The van der Waals surface area contributed by atoms with E-state index >= 15 is 0 Å². The second-order valence-electron chi connectivity index (χ2n) is 6.69. The fraction of sp³-hybridized carbons (Fsp3) is 0.842. The molecule has 1 heterocycles. The van der Waals surface area contributed by atoms with Crippen LogP contribution in [0.4, 0.5) is 0 Å². The fourth-order valence-corrected chi connectivity index (χ4v) is 4.04. The summed E-state index contributed by atoms with van der Waals surface area (Å²) in [7, 11) is 0. The van der Waals surface area contributed by atoms with E-state index in [4.69, 9.17) is 12.2 Å². The summed E-state index contributed by atoms with van der Waals surface area (Å²) < 4.78 is 1.97. The molecule has 0 aliphatic rings. The zero-order chi connectivity index (χ0) is 17.6. The van der Waals surface area contributed by atoms with Crippen molar-refractivity contribution in [1.29, 1.82) is 0 Å². The van der Waals surface area contributed by atoms with Crippen molar-refractivity contribution in [2.24, 2.45) is 0 Å². The molecular weight excluding hydrogens is 336 g/mol. The highest BCUT2D eigenvalue weighted by Crippen LogP contribution is 2.14. The number of hydrogen-bond acceptors (Lipinski definition) is 4. The van der Waals surface area contributed by atoms with Gasteiger partial charge in [0, 0.05) is 6.42 Å². The van der Waals surface area contributed by atoms with Gasteiger partial charge in [0.2, 0.25) is 5.91 Å². The quantitative estimate of drug-likeness (QED) is 0.259. The highest BCUT2D eigenvalue weighted by atomic mass is 32.1. The number of unbranched alkanes of at least 4 members (excludes halogenated alkanes) is 12. The van der Waals surface area contributed by atoms with Gasteiger partial charge in [0.1, 0.15) is 5.01 Å². The lowest BCUT2D eigenvalue weighted by atomic mass is 10.0. The summed E-state index contributed by atoms with van der Waals surface area (Å²) in [4.78, 5) is 12.0. The Morgan fingerprint density at radius 1 is 0.917 bits per heavy atom. The molecule has 0 fully saturated rings. The zero-order valence-electron chi connectivity index (χ0n) is 15.5. The molecule has 1 rings (SSSR count). The average Bonchev–Trinajstić information content (AvgIpc) is 2.90. The molecule has 0 aliphatic carbocycles. The number of carbonyl (C=O) groups is 1. The van der Waals surface area contributed by atoms with Gasteiger partial charge in [-0.25, -0.2) is 0 Å². The van der Waals surface area contributed by atoms with Gasteiger partial charge in [-0.15, -0.1) is 0 Å².